The lowest BCUT2D eigenvalue weighted by Gasteiger charge is -2.41. The van der Waals surface area contributed by atoms with E-state index in [4.69, 9.17) is 0 Å². The quantitative estimate of drug-likeness (QED) is 0.579. The van der Waals surface area contributed by atoms with Gasteiger partial charge >= 0.3 is 0 Å². The van der Waals surface area contributed by atoms with Crippen molar-refractivity contribution in [3.63, 3.8) is 0 Å². The Morgan fingerprint density at radius 1 is 0.778 bits per heavy atom. The van der Waals surface area contributed by atoms with Gasteiger partial charge in [0.05, 0.1) is 0 Å². The van der Waals surface area contributed by atoms with E-state index in [0.29, 0.717) is 0 Å². The molecule has 0 nitrogen and oxygen atoms in total. The second-order valence-electron chi connectivity index (χ2n) is 8.03. The number of hydrogen-bond donors (Lipinski definition) is 0. The van der Waals surface area contributed by atoms with Gasteiger partial charge in [-0.2, -0.15) is 0 Å². The maximum absolute atomic E-state index is 2.51. The summed E-state index contributed by atoms with van der Waals surface area (Å²) in [6, 6.07) is 0. The summed E-state index contributed by atoms with van der Waals surface area (Å²) in [5, 5.41) is 0. The van der Waals surface area contributed by atoms with Gasteiger partial charge in [0.1, 0.15) is 0 Å². The van der Waals surface area contributed by atoms with Crippen LogP contribution in [0.2, 0.25) is 0 Å². The van der Waals surface area contributed by atoms with Gasteiger partial charge in [-0.1, -0.05) is 31.4 Å². The molecule has 0 aromatic rings. The van der Waals surface area contributed by atoms with E-state index in [1.807, 2.05) is 0 Å². The molecule has 0 radical (unpaired) electrons. The van der Waals surface area contributed by atoms with Crippen molar-refractivity contribution in [2.75, 3.05) is 0 Å². The Balaban J connectivity index is 1.46. The van der Waals surface area contributed by atoms with Crippen molar-refractivity contribution in [3.8, 4) is 0 Å². The standard InChI is InChI=1S/C18H26/c1-2-6-12(7-3-1)18-11-17(18)14-9-5-4-8-13(14)15-10-16(15)18/h4-5,12-17H,1-3,6-11H2. The predicted molar refractivity (Wildman–Crippen MR) is 74.1 cm³/mol. The average Bonchev–Trinajstić information content (AvgIpc) is 3.31. The largest absolute Gasteiger partial charge is 0.0882 e. The summed E-state index contributed by atoms with van der Waals surface area (Å²) in [7, 11) is 0. The smallest absolute Gasteiger partial charge is 0.0204 e. The monoisotopic (exact) mass is 242 g/mol. The summed E-state index contributed by atoms with van der Waals surface area (Å²) in [6.45, 7) is 0. The molecule has 5 rings (SSSR count). The third-order valence-corrected chi connectivity index (χ3v) is 7.60. The van der Waals surface area contributed by atoms with Gasteiger partial charge in [-0.25, -0.2) is 0 Å². The normalized spacial score (nSPS) is 57.4. The molecule has 98 valence electrons. The summed E-state index contributed by atoms with van der Waals surface area (Å²) >= 11 is 0. The van der Waals surface area contributed by atoms with Crippen LogP contribution in [0.1, 0.15) is 57.8 Å². The summed E-state index contributed by atoms with van der Waals surface area (Å²) in [6.07, 6.45) is 18.9. The summed E-state index contributed by atoms with van der Waals surface area (Å²) in [5.41, 5.74) is 0.900. The van der Waals surface area contributed by atoms with Crippen LogP contribution in [0.5, 0.6) is 0 Å². The third kappa shape index (κ3) is 1.18. The Hall–Kier alpha value is -0.260. The molecule has 0 amide bonds. The predicted octanol–water partition coefficient (Wildman–Crippen LogP) is 4.81. The number of allylic oxidation sites excluding steroid dienone is 2. The zero-order valence-corrected chi connectivity index (χ0v) is 11.5. The molecule has 6 unspecified atom stereocenters. The highest BCUT2D eigenvalue weighted by Gasteiger charge is 2.75. The molecule has 0 aromatic carbocycles. The number of hydrogen-bond acceptors (Lipinski definition) is 0. The molecular weight excluding hydrogens is 216 g/mol. The molecule has 0 saturated heterocycles. The first-order valence-corrected chi connectivity index (χ1v) is 8.56. The molecule has 0 spiro atoms. The van der Waals surface area contributed by atoms with Crippen LogP contribution in [0.4, 0.5) is 0 Å². The van der Waals surface area contributed by atoms with E-state index in [1.54, 1.807) is 38.5 Å². The van der Waals surface area contributed by atoms with Crippen LogP contribution in [0.3, 0.4) is 0 Å². The maximum atomic E-state index is 2.51. The molecule has 0 aliphatic heterocycles. The lowest BCUT2D eigenvalue weighted by Crippen LogP contribution is -2.34. The third-order valence-electron chi connectivity index (χ3n) is 7.60. The molecule has 0 heteroatoms. The molecule has 0 heterocycles. The average molecular weight is 242 g/mol. The molecule has 18 heavy (non-hydrogen) atoms. The first-order chi connectivity index (χ1) is 8.91. The van der Waals surface area contributed by atoms with E-state index >= 15 is 0 Å². The van der Waals surface area contributed by atoms with E-state index in [2.05, 4.69) is 12.2 Å². The molecule has 4 saturated carbocycles. The van der Waals surface area contributed by atoms with Crippen molar-refractivity contribution in [1.82, 2.24) is 0 Å². The Bertz CT molecular complexity index is 389. The summed E-state index contributed by atoms with van der Waals surface area (Å²) in [4.78, 5) is 0. The van der Waals surface area contributed by atoms with E-state index in [9.17, 15) is 0 Å². The lowest BCUT2D eigenvalue weighted by molar-refractivity contribution is 0.0895. The van der Waals surface area contributed by atoms with Gasteiger partial charge in [-0.05, 0) is 79.4 Å². The molecule has 5 aliphatic carbocycles. The zero-order chi connectivity index (χ0) is 11.7. The maximum Gasteiger partial charge on any atom is -0.0204 e. The molecule has 6 atom stereocenters. The van der Waals surface area contributed by atoms with E-state index in [1.165, 1.54) is 37.0 Å². The second kappa shape index (κ2) is 3.44. The molecule has 5 aliphatic rings. The molecule has 4 fully saturated rings. The molecular formula is C18H26. The topological polar surface area (TPSA) is 0 Å². The van der Waals surface area contributed by atoms with Crippen LogP contribution >= 0.6 is 0 Å². The first-order valence-electron chi connectivity index (χ1n) is 8.56. The van der Waals surface area contributed by atoms with Crippen molar-refractivity contribution in [2.24, 2.45) is 40.9 Å². The van der Waals surface area contributed by atoms with E-state index < -0.39 is 0 Å². The second-order valence-corrected chi connectivity index (χ2v) is 8.03. The highest BCUT2D eigenvalue weighted by atomic mass is 14.8. The highest BCUT2D eigenvalue weighted by molar-refractivity contribution is 5.25. The van der Waals surface area contributed by atoms with Crippen molar-refractivity contribution in [2.45, 2.75) is 57.8 Å². The van der Waals surface area contributed by atoms with Crippen LogP contribution in [0.15, 0.2) is 12.2 Å². The van der Waals surface area contributed by atoms with Crippen LogP contribution in [0, 0.1) is 40.9 Å². The van der Waals surface area contributed by atoms with Crippen molar-refractivity contribution in [1.29, 1.82) is 0 Å². The van der Waals surface area contributed by atoms with Crippen LogP contribution in [0.25, 0.3) is 0 Å². The summed E-state index contributed by atoms with van der Waals surface area (Å²) in [5.74, 6) is 6.90. The van der Waals surface area contributed by atoms with Crippen molar-refractivity contribution in [3.05, 3.63) is 12.2 Å². The van der Waals surface area contributed by atoms with Crippen LogP contribution in [-0.2, 0) is 0 Å². The molecule has 0 N–H and O–H groups in total. The van der Waals surface area contributed by atoms with E-state index in [-0.39, 0.29) is 0 Å². The Labute approximate surface area is 111 Å². The number of rotatable bonds is 1. The number of fused-ring (bicyclic) bond motifs is 6. The lowest BCUT2D eigenvalue weighted by atomic mass is 9.64. The highest BCUT2D eigenvalue weighted by Crippen LogP contribution is 2.81. The SMILES string of the molecule is C1=CCC2C(C1)C1CC1C1(C3CCCCC3)CC21. The van der Waals surface area contributed by atoms with Crippen molar-refractivity contribution >= 4 is 0 Å². The Morgan fingerprint density at radius 2 is 1.56 bits per heavy atom. The van der Waals surface area contributed by atoms with Gasteiger partial charge in [0, 0.05) is 0 Å². The van der Waals surface area contributed by atoms with Crippen molar-refractivity contribution < 1.29 is 0 Å². The van der Waals surface area contributed by atoms with Gasteiger partial charge in [0.25, 0.3) is 0 Å². The Morgan fingerprint density at radius 3 is 2.39 bits per heavy atom. The minimum Gasteiger partial charge on any atom is -0.0882 e. The van der Waals surface area contributed by atoms with Crippen LogP contribution < -0.4 is 0 Å². The fourth-order valence-corrected chi connectivity index (χ4v) is 6.83. The zero-order valence-electron chi connectivity index (χ0n) is 11.5. The fourth-order valence-electron chi connectivity index (χ4n) is 6.83. The minimum absolute atomic E-state index is 0.900. The fraction of sp³-hybridized carbons (Fsp3) is 0.889. The van der Waals surface area contributed by atoms with Gasteiger partial charge in [0.2, 0.25) is 0 Å². The van der Waals surface area contributed by atoms with E-state index in [0.717, 1.165) is 23.2 Å². The van der Waals surface area contributed by atoms with Gasteiger partial charge in [0.15, 0.2) is 0 Å². The van der Waals surface area contributed by atoms with Gasteiger partial charge < -0.3 is 0 Å². The van der Waals surface area contributed by atoms with Crippen LogP contribution in [-0.4, -0.2) is 0 Å². The van der Waals surface area contributed by atoms with Gasteiger partial charge in [-0.3, -0.25) is 0 Å². The van der Waals surface area contributed by atoms with Gasteiger partial charge in [-0.15, -0.1) is 0 Å². The Kier molecular flexibility index (Phi) is 2.01. The molecule has 0 bridgehead atoms. The minimum atomic E-state index is 0.900. The molecule has 0 aromatic heterocycles. The summed E-state index contributed by atoms with van der Waals surface area (Å²) < 4.78 is 0. The first kappa shape index (κ1) is 10.5.